The highest BCUT2D eigenvalue weighted by molar-refractivity contribution is 9.10. The third kappa shape index (κ3) is 1.67. The molecule has 2 aromatic heterocycles. The number of fused-ring (bicyclic) bond motifs is 2. The highest BCUT2D eigenvalue weighted by Gasteiger charge is 2.66. The van der Waals surface area contributed by atoms with Gasteiger partial charge in [-0.25, -0.2) is 9.50 Å². The van der Waals surface area contributed by atoms with Gasteiger partial charge in [-0.05, 0) is 57.5 Å². The quantitative estimate of drug-likeness (QED) is 0.464. The number of azide groups is 1. The summed E-state index contributed by atoms with van der Waals surface area (Å²) in [7, 11) is 0. The SMILES string of the molecule is Cc1cc(Br)cn2nc(C34CC(CO3)C4C(=O)N=[N+]=[N-])nc12. The molecule has 8 nitrogen and oxygen atoms in total. The summed E-state index contributed by atoms with van der Waals surface area (Å²) < 4.78 is 8.40. The summed E-state index contributed by atoms with van der Waals surface area (Å²) in [4.78, 5) is 19.2. The van der Waals surface area contributed by atoms with Gasteiger partial charge in [0.25, 0.3) is 0 Å². The fourth-order valence-corrected chi connectivity index (χ4v) is 4.04. The molecule has 112 valence electrons. The van der Waals surface area contributed by atoms with Crippen molar-refractivity contribution in [2.45, 2.75) is 18.9 Å². The molecule has 22 heavy (non-hydrogen) atoms. The molecule has 5 rings (SSSR count). The average Bonchev–Trinajstić information content (AvgIpc) is 3.09. The standard InChI is InChI=1S/C13H11BrN6O2/c1-6-2-8(14)4-20-10(6)16-12(18-20)13-3-7(5-22-13)9(13)11(21)17-19-15/h2,4,7,9H,3,5H2,1H3. The Kier molecular flexibility index (Phi) is 2.81. The van der Waals surface area contributed by atoms with Crippen LogP contribution in [0.2, 0.25) is 0 Å². The van der Waals surface area contributed by atoms with Crippen molar-refractivity contribution < 1.29 is 9.53 Å². The van der Waals surface area contributed by atoms with Gasteiger partial charge >= 0.3 is 0 Å². The van der Waals surface area contributed by atoms with Gasteiger partial charge in [-0.2, -0.15) is 0 Å². The van der Waals surface area contributed by atoms with Crippen LogP contribution < -0.4 is 0 Å². The normalized spacial score (nSPS) is 29.2. The highest BCUT2D eigenvalue weighted by atomic mass is 79.9. The Morgan fingerprint density at radius 2 is 2.50 bits per heavy atom. The summed E-state index contributed by atoms with van der Waals surface area (Å²) in [6.45, 7) is 2.41. The van der Waals surface area contributed by atoms with Crippen LogP contribution in [0.1, 0.15) is 17.8 Å². The number of rotatable bonds is 2. The number of aryl methyl sites for hydroxylation is 1. The molecule has 2 aromatic rings. The minimum Gasteiger partial charge on any atom is -0.366 e. The van der Waals surface area contributed by atoms with E-state index in [1.807, 2.05) is 19.2 Å². The van der Waals surface area contributed by atoms with Gasteiger partial charge in [0.2, 0.25) is 5.91 Å². The van der Waals surface area contributed by atoms with Crippen molar-refractivity contribution in [1.82, 2.24) is 14.6 Å². The number of pyridine rings is 1. The maximum Gasteiger partial charge on any atom is 0.225 e. The van der Waals surface area contributed by atoms with Crippen molar-refractivity contribution in [2.24, 2.45) is 17.0 Å². The molecule has 0 spiro atoms. The Morgan fingerprint density at radius 1 is 1.68 bits per heavy atom. The molecule has 3 aliphatic rings. The molecule has 2 aliphatic heterocycles. The molecular weight excluding hydrogens is 352 g/mol. The van der Waals surface area contributed by atoms with E-state index in [2.05, 4.69) is 36.0 Å². The lowest BCUT2D eigenvalue weighted by molar-refractivity contribution is -0.139. The van der Waals surface area contributed by atoms with E-state index in [0.717, 1.165) is 15.7 Å². The fourth-order valence-electron chi connectivity index (χ4n) is 3.50. The predicted molar refractivity (Wildman–Crippen MR) is 78.8 cm³/mol. The van der Waals surface area contributed by atoms with E-state index >= 15 is 0 Å². The molecular formula is C13H11BrN6O2. The van der Waals surface area contributed by atoms with Crippen LogP contribution in [0, 0.1) is 18.8 Å². The predicted octanol–water partition coefficient (Wildman–Crippen LogP) is 2.50. The third-order valence-corrected chi connectivity index (χ3v) is 4.90. The topological polar surface area (TPSA) is 105 Å². The van der Waals surface area contributed by atoms with E-state index in [1.54, 1.807) is 4.52 Å². The van der Waals surface area contributed by atoms with Crippen LogP contribution in [0.3, 0.4) is 0 Å². The zero-order valence-electron chi connectivity index (χ0n) is 11.6. The van der Waals surface area contributed by atoms with Crippen molar-refractivity contribution in [3.8, 4) is 0 Å². The van der Waals surface area contributed by atoms with Gasteiger partial charge in [-0.3, -0.25) is 4.79 Å². The van der Waals surface area contributed by atoms with Gasteiger partial charge < -0.3 is 4.74 Å². The number of hydrogen-bond acceptors (Lipinski definition) is 4. The molecule has 2 bridgehead atoms. The second kappa shape index (κ2) is 4.52. The summed E-state index contributed by atoms with van der Waals surface area (Å²) in [5.74, 6) is -0.413. The van der Waals surface area contributed by atoms with Crippen LogP contribution in [0.5, 0.6) is 0 Å². The Labute approximate surface area is 133 Å². The number of nitrogens with zero attached hydrogens (tertiary/aromatic N) is 6. The van der Waals surface area contributed by atoms with E-state index in [-0.39, 0.29) is 5.92 Å². The zero-order chi connectivity index (χ0) is 15.5. The van der Waals surface area contributed by atoms with Crippen LogP contribution in [0.15, 0.2) is 21.9 Å². The van der Waals surface area contributed by atoms with E-state index in [9.17, 15) is 4.79 Å². The van der Waals surface area contributed by atoms with Crippen LogP contribution in [0.4, 0.5) is 0 Å². The van der Waals surface area contributed by atoms with E-state index in [0.29, 0.717) is 18.9 Å². The van der Waals surface area contributed by atoms with Crippen molar-refractivity contribution in [2.75, 3.05) is 6.61 Å². The van der Waals surface area contributed by atoms with Crippen LogP contribution in [-0.2, 0) is 15.1 Å². The number of aromatic nitrogens is 3. The van der Waals surface area contributed by atoms with Gasteiger partial charge in [0.1, 0.15) is 5.60 Å². The van der Waals surface area contributed by atoms with Gasteiger partial charge in [0, 0.05) is 15.6 Å². The fraction of sp³-hybridized carbons (Fsp3) is 0.462. The average molecular weight is 363 g/mol. The monoisotopic (exact) mass is 362 g/mol. The Balaban J connectivity index is 1.83. The molecule has 9 heteroatoms. The van der Waals surface area contributed by atoms with Crippen LogP contribution in [-0.4, -0.2) is 27.1 Å². The summed E-state index contributed by atoms with van der Waals surface area (Å²) in [6.07, 6.45) is 2.49. The largest absolute Gasteiger partial charge is 0.366 e. The number of hydrogen-bond donors (Lipinski definition) is 0. The molecule has 1 amide bonds. The minimum atomic E-state index is -0.846. The summed E-state index contributed by atoms with van der Waals surface area (Å²) >= 11 is 3.43. The lowest BCUT2D eigenvalue weighted by Crippen LogP contribution is -2.49. The second-order valence-electron chi connectivity index (χ2n) is 5.71. The third-order valence-electron chi connectivity index (χ3n) is 4.47. The summed E-state index contributed by atoms with van der Waals surface area (Å²) in [5.41, 5.74) is 9.34. The van der Waals surface area contributed by atoms with Gasteiger partial charge in [-0.15, -0.1) is 5.10 Å². The minimum absolute atomic E-state index is 0.0810. The Bertz CT molecular complexity index is 854. The molecule has 0 N–H and O–H groups in total. The molecule has 1 saturated carbocycles. The molecule has 3 unspecified atom stereocenters. The number of carbonyl (C=O) groups excluding carboxylic acids is 1. The maximum atomic E-state index is 12.0. The van der Waals surface area contributed by atoms with Gasteiger partial charge in [-0.1, -0.05) is 0 Å². The zero-order valence-corrected chi connectivity index (χ0v) is 13.2. The first-order valence-corrected chi connectivity index (χ1v) is 7.60. The summed E-state index contributed by atoms with van der Waals surface area (Å²) in [6, 6.07) is 1.95. The number of amides is 1. The first-order chi connectivity index (χ1) is 10.5. The molecule has 0 aromatic carbocycles. The molecule has 3 fully saturated rings. The van der Waals surface area contributed by atoms with Gasteiger partial charge in [0.15, 0.2) is 11.5 Å². The molecule has 2 saturated heterocycles. The molecule has 4 heterocycles. The van der Waals surface area contributed by atoms with Crippen molar-refractivity contribution in [3.05, 3.63) is 38.6 Å². The maximum absolute atomic E-state index is 12.0. The lowest BCUT2D eigenvalue weighted by Gasteiger charge is -2.40. The van der Waals surface area contributed by atoms with E-state index < -0.39 is 17.4 Å². The number of halogens is 1. The van der Waals surface area contributed by atoms with Crippen molar-refractivity contribution >= 4 is 27.5 Å². The van der Waals surface area contributed by atoms with Crippen LogP contribution >= 0.6 is 15.9 Å². The molecule has 3 atom stereocenters. The molecule has 0 radical (unpaired) electrons. The van der Waals surface area contributed by atoms with Gasteiger partial charge in [0.05, 0.1) is 12.5 Å². The first-order valence-electron chi connectivity index (χ1n) is 6.81. The van der Waals surface area contributed by atoms with Crippen LogP contribution in [0.25, 0.3) is 16.1 Å². The number of ether oxygens (including phenoxy) is 1. The Hall–Kier alpha value is -1.96. The lowest BCUT2D eigenvalue weighted by atomic mass is 9.63. The summed E-state index contributed by atoms with van der Waals surface area (Å²) in [5, 5.41) is 7.72. The smallest absolute Gasteiger partial charge is 0.225 e. The van der Waals surface area contributed by atoms with E-state index in [4.69, 9.17) is 10.3 Å². The second-order valence-corrected chi connectivity index (χ2v) is 6.63. The Morgan fingerprint density at radius 3 is 3.23 bits per heavy atom. The molecule has 1 aliphatic carbocycles. The van der Waals surface area contributed by atoms with E-state index in [1.165, 1.54) is 0 Å². The van der Waals surface area contributed by atoms with Crippen molar-refractivity contribution in [1.29, 1.82) is 0 Å². The highest BCUT2D eigenvalue weighted by Crippen LogP contribution is 2.59. The number of carbonyl (C=O) groups is 1. The first kappa shape index (κ1) is 13.7. The van der Waals surface area contributed by atoms with Crippen molar-refractivity contribution in [3.63, 3.8) is 0 Å².